The molecule has 20 heteroatoms. The van der Waals surface area contributed by atoms with Crippen molar-refractivity contribution in [2.24, 2.45) is 29.1 Å². The van der Waals surface area contributed by atoms with Crippen LogP contribution in [-0.2, 0) is 73.2 Å². The fourth-order valence-corrected chi connectivity index (χ4v) is 12.8. The van der Waals surface area contributed by atoms with Crippen LogP contribution >= 0.6 is 0 Å². The molecule has 474 valence electrons. The summed E-state index contributed by atoms with van der Waals surface area (Å²) in [6.07, 6.45) is -14.2. The van der Waals surface area contributed by atoms with E-state index in [1.807, 2.05) is 32.0 Å². The van der Waals surface area contributed by atoms with E-state index in [0.29, 0.717) is 5.57 Å². The van der Waals surface area contributed by atoms with E-state index < -0.39 is 150 Å². The number of amides is 1. The molecule has 3 aliphatic carbocycles. The van der Waals surface area contributed by atoms with E-state index in [1.165, 1.54) is 38.1 Å². The molecule has 20 nitrogen and oxygen atoms in total. The standard InChI is InChI=1S/C68H83NO19/c1-38(2)30-45(33-51(74)46(31-42-20-14-11-15-21-42)32-47(71)26-27-49(72)39(3)4)50(73)28-29-55(76)85-58(56(43-22-16-12-17-23-43)69-64(81)88-65(7,8)9)63(80)84-52-36-67(82)35-48(40(52)5)57(77)60(78)66(10)53(75)34-54-68(37-83-54,87-41(6)70)59(66)61(67)86-62(79)44-24-18-13-19-25-44/h11-25,38,45-46,52-54,56-59,61,75,77,82H,3,26-37H2,1-2,4-10H3,(H,69,81)/t45?,46?,52-,53-,54+,56-,57+,58+,59-,61-,66+,67+,68-/m0/s1. The van der Waals surface area contributed by atoms with Gasteiger partial charge < -0.3 is 49.1 Å². The quantitative estimate of drug-likeness (QED) is 0.0257. The maximum Gasteiger partial charge on any atom is 0.408 e. The fourth-order valence-electron chi connectivity index (χ4n) is 12.8. The number of esters is 4. The van der Waals surface area contributed by atoms with Gasteiger partial charge in [-0.25, -0.2) is 14.4 Å². The van der Waals surface area contributed by atoms with Gasteiger partial charge in [0.25, 0.3) is 0 Å². The first-order valence-electron chi connectivity index (χ1n) is 30.0. The summed E-state index contributed by atoms with van der Waals surface area (Å²) in [6.45, 7) is 17.3. The van der Waals surface area contributed by atoms with Crippen LogP contribution in [0, 0.1) is 29.1 Å². The number of ether oxygens (including phenoxy) is 6. The maximum atomic E-state index is 15.3. The maximum absolute atomic E-state index is 15.3. The van der Waals surface area contributed by atoms with Gasteiger partial charge in [0.15, 0.2) is 17.2 Å². The molecule has 3 aromatic rings. The third-order valence-electron chi connectivity index (χ3n) is 17.4. The van der Waals surface area contributed by atoms with Crippen molar-refractivity contribution >= 4 is 58.9 Å². The van der Waals surface area contributed by atoms with E-state index in [9.17, 15) is 53.7 Å². The molecular weight excluding hydrogens is 1130 g/mol. The number of rotatable bonds is 26. The second-order valence-corrected chi connectivity index (χ2v) is 25.7. The van der Waals surface area contributed by atoms with E-state index in [4.69, 9.17) is 28.4 Å². The van der Waals surface area contributed by atoms with Crippen LogP contribution in [0.5, 0.6) is 0 Å². The van der Waals surface area contributed by atoms with Crippen LogP contribution in [-0.4, -0.2) is 134 Å². The number of hydrogen-bond donors (Lipinski definition) is 4. The molecule has 2 unspecified atom stereocenters. The third-order valence-corrected chi connectivity index (χ3v) is 17.4. The smallest absolute Gasteiger partial charge is 0.408 e. The molecule has 4 N–H and O–H groups in total. The zero-order chi connectivity index (χ0) is 64.6. The van der Waals surface area contributed by atoms with E-state index in [-0.39, 0.29) is 97.1 Å². The summed E-state index contributed by atoms with van der Waals surface area (Å²) in [5.74, 6) is -10.1. The Hall–Kier alpha value is -7.52. The van der Waals surface area contributed by atoms with Crippen LogP contribution in [0.4, 0.5) is 4.79 Å². The largest absolute Gasteiger partial charge is 0.455 e. The molecular formula is C68H83NO19. The highest BCUT2D eigenvalue weighted by Crippen LogP contribution is 2.61. The number of aliphatic hydroxyl groups excluding tert-OH is 2. The summed E-state index contributed by atoms with van der Waals surface area (Å²) in [6, 6.07) is 23.1. The number of allylic oxidation sites excluding steroid dienone is 1. The summed E-state index contributed by atoms with van der Waals surface area (Å²) in [5.41, 5.74) is -6.17. The molecule has 7 rings (SSSR count). The predicted molar refractivity (Wildman–Crippen MR) is 317 cm³/mol. The topological polar surface area (TPSA) is 299 Å². The number of hydrogen-bond acceptors (Lipinski definition) is 19. The first-order valence-corrected chi connectivity index (χ1v) is 30.0. The van der Waals surface area contributed by atoms with Gasteiger partial charge in [0, 0.05) is 70.1 Å². The van der Waals surface area contributed by atoms with Gasteiger partial charge in [-0.05, 0) is 100 Å². The van der Waals surface area contributed by atoms with Gasteiger partial charge >= 0.3 is 30.0 Å². The lowest BCUT2D eigenvalue weighted by molar-refractivity contribution is -0.340. The summed E-state index contributed by atoms with van der Waals surface area (Å²) >= 11 is 0. The lowest BCUT2D eigenvalue weighted by Gasteiger charge is -2.65. The van der Waals surface area contributed by atoms with E-state index >= 15 is 9.59 Å². The molecule has 88 heavy (non-hydrogen) atoms. The normalized spacial score (nSPS) is 26.1. The van der Waals surface area contributed by atoms with Gasteiger partial charge in [0.05, 0.1) is 36.0 Å². The summed E-state index contributed by atoms with van der Waals surface area (Å²) in [7, 11) is 0. The van der Waals surface area contributed by atoms with Crippen LogP contribution in [0.15, 0.2) is 114 Å². The Morgan fingerprint density at radius 3 is 2.01 bits per heavy atom. The molecule has 3 fully saturated rings. The number of aliphatic hydroxyl groups is 3. The van der Waals surface area contributed by atoms with Gasteiger partial charge in [0.2, 0.25) is 6.10 Å². The number of carbonyl (C=O) groups is 10. The van der Waals surface area contributed by atoms with Crippen molar-refractivity contribution in [2.75, 3.05) is 6.61 Å². The van der Waals surface area contributed by atoms with Crippen LogP contribution < -0.4 is 5.32 Å². The molecule has 0 radical (unpaired) electrons. The Morgan fingerprint density at radius 2 is 1.43 bits per heavy atom. The zero-order valence-corrected chi connectivity index (χ0v) is 51.6. The number of ketones is 5. The molecule has 3 aromatic carbocycles. The second-order valence-electron chi connectivity index (χ2n) is 25.7. The van der Waals surface area contributed by atoms with Crippen LogP contribution in [0.1, 0.15) is 154 Å². The van der Waals surface area contributed by atoms with Crippen molar-refractivity contribution in [1.82, 2.24) is 5.32 Å². The molecule has 0 spiro atoms. The van der Waals surface area contributed by atoms with Gasteiger partial charge in [-0.15, -0.1) is 0 Å². The molecule has 2 bridgehead atoms. The second kappa shape index (κ2) is 28.3. The highest BCUT2D eigenvalue weighted by molar-refractivity contribution is 5.98. The highest BCUT2D eigenvalue weighted by atomic mass is 16.6. The first kappa shape index (κ1) is 68.0. The minimum Gasteiger partial charge on any atom is -0.455 e. The summed E-state index contributed by atoms with van der Waals surface area (Å²) in [4.78, 5) is 140. The molecule has 1 amide bonds. The van der Waals surface area contributed by atoms with E-state index in [2.05, 4.69) is 11.9 Å². The van der Waals surface area contributed by atoms with Crippen LogP contribution in [0.2, 0.25) is 0 Å². The average molecular weight is 1220 g/mol. The monoisotopic (exact) mass is 1220 g/mol. The lowest BCUT2D eigenvalue weighted by atomic mass is 9.48. The number of nitrogens with one attached hydrogen (secondary N) is 1. The van der Waals surface area contributed by atoms with Crippen LogP contribution in [0.25, 0.3) is 0 Å². The van der Waals surface area contributed by atoms with Crippen molar-refractivity contribution in [2.45, 2.75) is 192 Å². The van der Waals surface area contributed by atoms with Gasteiger partial charge in [0.1, 0.15) is 59.0 Å². The fraction of sp³-hybridized carbons (Fsp3) is 0.529. The van der Waals surface area contributed by atoms with E-state index in [1.54, 1.807) is 76.2 Å². The van der Waals surface area contributed by atoms with Gasteiger partial charge in [-0.2, -0.15) is 0 Å². The molecule has 1 aliphatic heterocycles. The number of carbonyl (C=O) groups excluding carboxylic acids is 10. The number of benzene rings is 3. The van der Waals surface area contributed by atoms with Crippen molar-refractivity contribution in [3.8, 4) is 0 Å². The van der Waals surface area contributed by atoms with Crippen molar-refractivity contribution in [3.05, 3.63) is 131 Å². The molecule has 0 aromatic heterocycles. The Morgan fingerprint density at radius 1 is 0.807 bits per heavy atom. The van der Waals surface area contributed by atoms with Gasteiger partial charge in [-0.1, -0.05) is 99.3 Å². The van der Waals surface area contributed by atoms with Crippen molar-refractivity contribution in [1.29, 1.82) is 0 Å². The summed E-state index contributed by atoms with van der Waals surface area (Å²) in [5, 5.41) is 40.3. The molecule has 1 saturated heterocycles. The minimum atomic E-state index is -2.42. The Labute approximate surface area is 513 Å². The third kappa shape index (κ3) is 15.8. The SMILES string of the molecule is C=C(C)C(=O)CCC(=O)CC(Cc1ccccc1)C(=O)CC(CC(C)C)C(=O)CCC(=O)O[C@@H](C(=O)O[C@H]1C[C@]2(O)CC(=C1C)[C@@H](O)C(=O)[C@@]1(C)[C@H]([C@@H]2OC(=O)c2ccccc2)[C@]2(OC(C)=O)CO[C@@H]2C[C@@H]1O)[C@@H](NC(=O)OC(C)(C)C)c1ccccc1. The lowest BCUT2D eigenvalue weighted by Crippen LogP contribution is -2.80. The first-order chi connectivity index (χ1) is 41.4. The molecule has 13 atom stereocenters. The molecule has 2 saturated carbocycles. The number of Topliss-reactive ketones (excluding diaryl/α,β-unsaturated/α-hetero) is 5. The molecule has 1 heterocycles. The Balaban J connectivity index is 1.22. The zero-order valence-electron chi connectivity index (χ0n) is 51.6. The van der Waals surface area contributed by atoms with Crippen LogP contribution in [0.3, 0.4) is 0 Å². The van der Waals surface area contributed by atoms with Gasteiger partial charge in [-0.3, -0.25) is 33.6 Å². The number of alkyl carbamates (subject to hydrolysis) is 1. The highest BCUT2D eigenvalue weighted by Gasteiger charge is 2.76. The molecule has 4 aliphatic rings. The average Bonchev–Trinajstić information content (AvgIpc) is 0.684. The minimum absolute atomic E-state index is 0.0210. The Kier molecular flexibility index (Phi) is 21.9. The van der Waals surface area contributed by atoms with E-state index in [0.717, 1.165) is 12.5 Å². The Bertz CT molecular complexity index is 3150. The number of fused-ring (bicyclic) bond motifs is 5. The summed E-state index contributed by atoms with van der Waals surface area (Å²) < 4.78 is 36.1. The predicted octanol–water partition coefficient (Wildman–Crippen LogP) is 7.89. The van der Waals surface area contributed by atoms with Crippen molar-refractivity contribution in [3.63, 3.8) is 0 Å². The van der Waals surface area contributed by atoms with Crippen molar-refractivity contribution < 1.29 is 91.7 Å².